The van der Waals surface area contributed by atoms with Crippen molar-refractivity contribution in [3.8, 4) is 0 Å². The Morgan fingerprint density at radius 2 is 2.13 bits per heavy atom. The zero-order chi connectivity index (χ0) is 10.8. The van der Waals surface area contributed by atoms with Gasteiger partial charge in [-0.05, 0) is 6.07 Å². The van der Waals surface area contributed by atoms with E-state index >= 15 is 0 Å². The van der Waals surface area contributed by atoms with Gasteiger partial charge in [-0.2, -0.15) is 4.52 Å². The fourth-order valence-electron chi connectivity index (χ4n) is 1.27. The van der Waals surface area contributed by atoms with Crippen molar-refractivity contribution in [2.45, 2.75) is 0 Å². The molecule has 0 spiro atoms. The molecule has 1 heterocycles. The predicted octanol–water partition coefficient (Wildman–Crippen LogP) is 1.96. The van der Waals surface area contributed by atoms with Crippen LogP contribution in [0.1, 0.15) is 10.5 Å². The number of hydrogen-bond acceptors (Lipinski definition) is 3. The second-order valence-electron chi connectivity index (χ2n) is 2.97. The highest BCUT2D eigenvalue weighted by Crippen LogP contribution is 2.12. The van der Waals surface area contributed by atoms with Gasteiger partial charge in [-0.1, -0.05) is 40.8 Å². The van der Waals surface area contributed by atoms with Crippen molar-refractivity contribution >= 4 is 39.3 Å². The highest BCUT2D eigenvalue weighted by atomic mass is 127. The summed E-state index contributed by atoms with van der Waals surface area (Å²) < 4.78 is 5.48. The molecular formula is C10H7INO3+. The molecule has 0 amide bonds. The molecular weight excluding hydrogens is 309 g/mol. The Morgan fingerprint density at radius 3 is 2.87 bits per heavy atom. The standard InChI is InChI=1S/C10H7INO3/c11-6-9(13)8-5-7-3-1-2-4-10(7)15-12(8)14/h1-5H,6H2/q+1. The molecule has 0 fully saturated rings. The van der Waals surface area contributed by atoms with Crippen molar-refractivity contribution in [3.63, 3.8) is 0 Å². The lowest BCUT2D eigenvalue weighted by Gasteiger charge is -1.90. The molecule has 0 N–H and O–H groups in total. The van der Waals surface area contributed by atoms with Crippen molar-refractivity contribution in [1.82, 2.24) is 0 Å². The maximum Gasteiger partial charge on any atom is 0.361 e. The summed E-state index contributed by atoms with van der Waals surface area (Å²) in [7, 11) is 0. The smallest absolute Gasteiger partial charge is 0.286 e. The molecule has 0 saturated carbocycles. The fraction of sp³-hybridized carbons (Fsp3) is 0.100. The first-order valence-electron chi connectivity index (χ1n) is 4.27. The van der Waals surface area contributed by atoms with E-state index in [9.17, 15) is 9.70 Å². The summed E-state index contributed by atoms with van der Waals surface area (Å²) in [5.74, 6) is -0.236. The molecule has 2 aromatic rings. The van der Waals surface area contributed by atoms with Crippen LogP contribution >= 0.6 is 22.6 Å². The van der Waals surface area contributed by atoms with Crippen LogP contribution in [-0.2, 0) is 0 Å². The van der Waals surface area contributed by atoms with Crippen molar-refractivity contribution in [2.24, 2.45) is 0 Å². The number of rotatable bonds is 2. The third kappa shape index (κ3) is 1.92. The van der Waals surface area contributed by atoms with Crippen LogP contribution in [0.5, 0.6) is 0 Å². The van der Waals surface area contributed by atoms with Crippen molar-refractivity contribution in [2.75, 3.05) is 4.43 Å². The molecule has 76 valence electrons. The van der Waals surface area contributed by atoms with Crippen LogP contribution < -0.4 is 4.60 Å². The maximum absolute atomic E-state index is 11.4. The van der Waals surface area contributed by atoms with E-state index in [2.05, 4.69) is 0 Å². The van der Waals surface area contributed by atoms with Crippen LogP contribution in [0.3, 0.4) is 0 Å². The van der Waals surface area contributed by atoms with Crippen LogP contribution in [0, 0.1) is 4.91 Å². The van der Waals surface area contributed by atoms with Gasteiger partial charge < -0.3 is 0 Å². The van der Waals surface area contributed by atoms with Gasteiger partial charge in [0.25, 0.3) is 4.60 Å². The van der Waals surface area contributed by atoms with E-state index in [-0.39, 0.29) is 20.5 Å². The number of halogens is 1. The first kappa shape index (κ1) is 10.3. The number of alkyl halides is 1. The van der Waals surface area contributed by atoms with Gasteiger partial charge in [0.15, 0.2) is 0 Å². The number of benzene rings is 1. The summed E-state index contributed by atoms with van der Waals surface area (Å²) >= 11 is 1.91. The Morgan fingerprint density at radius 1 is 1.40 bits per heavy atom. The molecule has 0 atom stereocenters. The van der Waals surface area contributed by atoms with Crippen molar-refractivity contribution in [3.05, 3.63) is 40.9 Å². The lowest BCUT2D eigenvalue weighted by atomic mass is 10.2. The summed E-state index contributed by atoms with van der Waals surface area (Å²) in [6.07, 6.45) is 0. The second kappa shape index (κ2) is 4.09. The summed E-state index contributed by atoms with van der Waals surface area (Å²) in [5.41, 5.74) is 0.514. The zero-order valence-electron chi connectivity index (χ0n) is 7.64. The molecule has 2 rings (SSSR count). The maximum atomic E-state index is 11.4. The highest BCUT2D eigenvalue weighted by Gasteiger charge is 2.21. The Balaban J connectivity index is 2.73. The van der Waals surface area contributed by atoms with Crippen LogP contribution in [-0.4, -0.2) is 10.2 Å². The van der Waals surface area contributed by atoms with Gasteiger partial charge in [0.05, 0.1) is 9.33 Å². The lowest BCUT2D eigenvalue weighted by molar-refractivity contribution is -0.703. The van der Waals surface area contributed by atoms with Crippen LogP contribution in [0.15, 0.2) is 34.9 Å². The van der Waals surface area contributed by atoms with Gasteiger partial charge in [-0.25, -0.2) is 0 Å². The topological polar surface area (TPSA) is 53.2 Å². The number of nitrogens with zero attached hydrogens (tertiary/aromatic N) is 1. The summed E-state index contributed by atoms with van der Waals surface area (Å²) in [4.78, 5) is 22.7. The van der Waals surface area contributed by atoms with Gasteiger partial charge in [0, 0.05) is 11.5 Å². The largest absolute Gasteiger partial charge is 0.361 e. The minimum Gasteiger partial charge on any atom is -0.286 e. The molecule has 0 bridgehead atoms. The molecule has 0 aliphatic carbocycles. The van der Waals surface area contributed by atoms with Gasteiger partial charge in [0.2, 0.25) is 11.4 Å². The van der Waals surface area contributed by atoms with E-state index in [0.717, 1.165) is 5.39 Å². The number of carbonyl (C=O) groups is 1. The summed E-state index contributed by atoms with van der Waals surface area (Å²) in [6, 6.07) is 8.62. The quantitative estimate of drug-likeness (QED) is 0.483. The first-order chi connectivity index (χ1) is 7.22. The Bertz CT molecular complexity index is 576. The van der Waals surface area contributed by atoms with Crippen LogP contribution in [0.2, 0.25) is 0 Å². The van der Waals surface area contributed by atoms with Gasteiger partial charge in [-0.15, -0.1) is 0 Å². The number of fused-ring (bicyclic) bond motifs is 1. The first-order valence-corrected chi connectivity index (χ1v) is 5.80. The van der Waals surface area contributed by atoms with Crippen LogP contribution in [0.4, 0.5) is 0 Å². The molecule has 0 saturated heterocycles. The van der Waals surface area contributed by atoms with E-state index < -0.39 is 0 Å². The normalized spacial score (nSPS) is 10.5. The average molecular weight is 316 g/mol. The molecule has 0 radical (unpaired) electrons. The van der Waals surface area contributed by atoms with Crippen molar-refractivity contribution < 1.29 is 13.9 Å². The number of carbonyl (C=O) groups excluding carboxylic acids is 1. The summed E-state index contributed by atoms with van der Waals surface area (Å²) in [6.45, 7) is 0. The Kier molecular flexibility index (Phi) is 2.81. The van der Waals surface area contributed by atoms with Gasteiger partial charge in [0.1, 0.15) is 0 Å². The second-order valence-corrected chi connectivity index (χ2v) is 3.74. The molecule has 15 heavy (non-hydrogen) atoms. The fourth-order valence-corrected chi connectivity index (χ4v) is 1.66. The number of para-hydroxylation sites is 1. The SMILES string of the molecule is O=C(CI)c1cc2ccccc2o[n+]1=O. The monoisotopic (exact) mass is 316 g/mol. The molecule has 0 aliphatic heterocycles. The molecule has 1 aromatic heterocycles. The van der Waals surface area contributed by atoms with Crippen LogP contribution in [0.25, 0.3) is 11.0 Å². The van der Waals surface area contributed by atoms with E-state index in [1.54, 1.807) is 24.3 Å². The average Bonchev–Trinajstić information content (AvgIpc) is 2.27. The molecule has 0 aliphatic rings. The van der Waals surface area contributed by atoms with E-state index in [1.807, 2.05) is 28.7 Å². The number of aromatic nitrogens is 1. The van der Waals surface area contributed by atoms with Gasteiger partial charge >= 0.3 is 5.69 Å². The number of Topliss-reactive ketones (excluding diaryl/α,β-unsaturated/α-hetero) is 1. The van der Waals surface area contributed by atoms with Crippen molar-refractivity contribution in [1.29, 1.82) is 0 Å². The molecule has 0 unspecified atom stereocenters. The zero-order valence-corrected chi connectivity index (χ0v) is 9.80. The Labute approximate surface area is 98.6 Å². The summed E-state index contributed by atoms with van der Waals surface area (Å²) in [5, 5.41) is 0.748. The molecule has 1 aromatic carbocycles. The highest BCUT2D eigenvalue weighted by molar-refractivity contribution is 14.1. The van der Waals surface area contributed by atoms with E-state index in [4.69, 9.17) is 4.52 Å². The Hall–Kier alpha value is -1.24. The lowest BCUT2D eigenvalue weighted by Crippen LogP contribution is -2.24. The number of hydrogen-bond donors (Lipinski definition) is 0. The molecule has 4 nitrogen and oxygen atoms in total. The minimum absolute atomic E-state index is 0.0445. The van der Waals surface area contributed by atoms with Gasteiger partial charge in [-0.3, -0.25) is 4.79 Å². The number of ketones is 1. The van der Waals surface area contributed by atoms with E-state index in [0.29, 0.717) is 5.58 Å². The molecule has 5 heteroatoms. The van der Waals surface area contributed by atoms with E-state index in [1.165, 1.54) is 0 Å². The predicted molar refractivity (Wildman–Crippen MR) is 62.8 cm³/mol. The minimum atomic E-state index is -0.236. The third-order valence-corrected chi connectivity index (χ3v) is 2.69. The third-order valence-electron chi connectivity index (χ3n) is 2.00.